The first-order chi connectivity index (χ1) is 20.7. The fourth-order valence-corrected chi connectivity index (χ4v) is 6.58. The second kappa shape index (κ2) is 9.37. The van der Waals surface area contributed by atoms with Gasteiger partial charge < -0.3 is 9.13 Å². The van der Waals surface area contributed by atoms with Gasteiger partial charge in [0.05, 0.1) is 39.8 Å². The summed E-state index contributed by atoms with van der Waals surface area (Å²) in [5.74, 6) is 0. The fourth-order valence-electron chi connectivity index (χ4n) is 6.58. The Hall–Kier alpha value is -5.84. The average molecular weight is 537 g/mol. The van der Waals surface area contributed by atoms with Gasteiger partial charge >= 0.3 is 0 Å². The number of nitriles is 2. The molecule has 5 aromatic carbocycles. The maximum atomic E-state index is 10.1. The highest BCUT2D eigenvalue weighted by Gasteiger charge is 2.19. The van der Waals surface area contributed by atoms with Crippen LogP contribution in [0.25, 0.3) is 61.3 Å². The number of benzene rings is 5. The molecular formula is C38H24N4. The third-order valence-electron chi connectivity index (χ3n) is 8.39. The molecule has 0 unspecified atom stereocenters. The number of hydrogen-bond donors (Lipinski definition) is 0. The topological polar surface area (TPSA) is 57.4 Å². The van der Waals surface area contributed by atoms with E-state index in [4.69, 9.17) is 0 Å². The molecule has 4 heteroatoms. The van der Waals surface area contributed by atoms with Crippen molar-refractivity contribution in [2.24, 2.45) is 0 Å². The van der Waals surface area contributed by atoms with Crippen molar-refractivity contribution < 1.29 is 0 Å². The molecule has 2 aromatic heterocycles. The van der Waals surface area contributed by atoms with Crippen LogP contribution in [-0.4, -0.2) is 9.13 Å². The maximum absolute atomic E-state index is 10.1. The zero-order valence-corrected chi connectivity index (χ0v) is 22.8. The molecule has 0 amide bonds. The minimum Gasteiger partial charge on any atom is -0.313 e. The van der Waals surface area contributed by atoms with Crippen molar-refractivity contribution in [3.63, 3.8) is 0 Å². The van der Waals surface area contributed by atoms with Crippen molar-refractivity contribution in [1.82, 2.24) is 9.13 Å². The molecule has 0 bridgehead atoms. The number of hydrogen-bond acceptors (Lipinski definition) is 2. The molecule has 0 aliphatic heterocycles. The van der Waals surface area contributed by atoms with E-state index in [0.717, 1.165) is 57.1 Å². The highest BCUT2D eigenvalue weighted by Crippen LogP contribution is 2.37. The first-order valence-corrected chi connectivity index (χ1v) is 14.1. The summed E-state index contributed by atoms with van der Waals surface area (Å²) < 4.78 is 4.59. The molecule has 0 fully saturated rings. The van der Waals surface area contributed by atoms with Gasteiger partial charge in [-0.1, -0.05) is 60.7 Å². The Morgan fingerprint density at radius 3 is 2.12 bits per heavy atom. The maximum Gasteiger partial charge on any atom is 0.0992 e. The van der Waals surface area contributed by atoms with Crippen LogP contribution in [0.2, 0.25) is 0 Å². The van der Waals surface area contributed by atoms with Gasteiger partial charge in [-0.15, -0.1) is 0 Å². The third-order valence-corrected chi connectivity index (χ3v) is 8.39. The molecule has 0 saturated heterocycles. The van der Waals surface area contributed by atoms with Gasteiger partial charge in [0.25, 0.3) is 0 Å². The average Bonchev–Trinajstić information content (AvgIpc) is 3.57. The smallest absolute Gasteiger partial charge is 0.0992 e. The lowest BCUT2D eigenvalue weighted by Crippen LogP contribution is -2.03. The van der Waals surface area contributed by atoms with Gasteiger partial charge in [0.15, 0.2) is 0 Å². The first-order valence-electron chi connectivity index (χ1n) is 14.1. The molecule has 1 aliphatic carbocycles. The Morgan fingerprint density at radius 2 is 1.29 bits per heavy atom. The minimum absolute atomic E-state index is 0.599. The van der Waals surface area contributed by atoms with E-state index in [0.29, 0.717) is 11.1 Å². The predicted octanol–water partition coefficient (Wildman–Crippen LogP) is 9.10. The molecule has 4 nitrogen and oxygen atoms in total. The van der Waals surface area contributed by atoms with Crippen molar-refractivity contribution in [3.05, 3.63) is 138 Å². The number of aromatic nitrogens is 2. The van der Waals surface area contributed by atoms with E-state index in [-0.39, 0.29) is 0 Å². The van der Waals surface area contributed by atoms with Crippen LogP contribution >= 0.6 is 0 Å². The summed E-state index contributed by atoms with van der Waals surface area (Å²) in [6.45, 7) is 0. The SMILES string of the molecule is N#Cc1cc(-c2cccc(-n3c4c(c5ccccc53)C=CCC4)c2)cc(-n2c3ccccc3c3cc(C#N)ccc32)c1. The molecule has 2 heterocycles. The summed E-state index contributed by atoms with van der Waals surface area (Å²) in [4.78, 5) is 0. The van der Waals surface area contributed by atoms with Crippen LogP contribution in [0.5, 0.6) is 0 Å². The Kier molecular flexibility index (Phi) is 5.36. The molecule has 0 radical (unpaired) electrons. The molecule has 7 aromatic rings. The summed E-state index contributed by atoms with van der Waals surface area (Å²) in [7, 11) is 0. The second-order valence-corrected chi connectivity index (χ2v) is 10.8. The van der Waals surface area contributed by atoms with Crippen molar-refractivity contribution in [2.75, 3.05) is 0 Å². The first kappa shape index (κ1) is 24.0. The zero-order chi connectivity index (χ0) is 28.2. The monoisotopic (exact) mass is 536 g/mol. The van der Waals surface area contributed by atoms with Gasteiger partial charge in [0.1, 0.15) is 0 Å². The van der Waals surface area contributed by atoms with Gasteiger partial charge in [0, 0.05) is 38.8 Å². The van der Waals surface area contributed by atoms with Crippen LogP contribution in [0, 0.1) is 22.7 Å². The van der Waals surface area contributed by atoms with Gasteiger partial charge in [0.2, 0.25) is 0 Å². The lowest BCUT2D eigenvalue weighted by Gasteiger charge is -2.15. The largest absolute Gasteiger partial charge is 0.313 e. The Labute approximate surface area is 243 Å². The molecule has 42 heavy (non-hydrogen) atoms. The number of allylic oxidation sites excluding steroid dienone is 1. The number of fused-ring (bicyclic) bond motifs is 6. The fraction of sp³-hybridized carbons (Fsp3) is 0.0526. The molecule has 1 aliphatic rings. The van der Waals surface area contributed by atoms with Crippen LogP contribution in [-0.2, 0) is 6.42 Å². The zero-order valence-electron chi connectivity index (χ0n) is 22.8. The van der Waals surface area contributed by atoms with E-state index in [1.54, 1.807) is 0 Å². The number of nitrogens with zero attached hydrogens (tertiary/aromatic N) is 4. The standard InChI is InChI=1S/C38H24N4/c39-23-25-16-17-38-34(20-25)33-12-3-6-15-37(33)42(38)30-19-26(24-40)18-28(22-30)27-8-7-9-29(21-27)41-35-13-4-1-10-31(35)32-11-2-5-14-36(32)41/h1-4,6-13,15-22H,5,14H2. The predicted molar refractivity (Wildman–Crippen MR) is 170 cm³/mol. The van der Waals surface area contributed by atoms with E-state index < -0.39 is 0 Å². The lowest BCUT2D eigenvalue weighted by atomic mass is 10.0. The Balaban J connectivity index is 1.34. The quantitative estimate of drug-likeness (QED) is 0.226. The molecule has 0 N–H and O–H groups in total. The molecule has 8 rings (SSSR count). The van der Waals surface area contributed by atoms with Gasteiger partial charge in [-0.2, -0.15) is 10.5 Å². The molecule has 0 atom stereocenters. The Bertz CT molecular complexity index is 2330. The van der Waals surface area contributed by atoms with Crippen LogP contribution in [0.3, 0.4) is 0 Å². The van der Waals surface area contributed by atoms with E-state index in [9.17, 15) is 10.5 Å². The molecule has 0 spiro atoms. The summed E-state index contributed by atoms with van der Waals surface area (Å²) in [5.41, 5.74) is 11.2. The van der Waals surface area contributed by atoms with Crippen LogP contribution in [0.1, 0.15) is 28.8 Å². The van der Waals surface area contributed by atoms with E-state index >= 15 is 0 Å². The van der Waals surface area contributed by atoms with Crippen molar-refractivity contribution in [1.29, 1.82) is 10.5 Å². The van der Waals surface area contributed by atoms with Crippen LogP contribution < -0.4 is 0 Å². The van der Waals surface area contributed by atoms with E-state index in [1.165, 1.54) is 22.2 Å². The van der Waals surface area contributed by atoms with Crippen molar-refractivity contribution >= 4 is 38.8 Å². The van der Waals surface area contributed by atoms with Crippen molar-refractivity contribution in [3.8, 4) is 34.6 Å². The lowest BCUT2D eigenvalue weighted by molar-refractivity contribution is 0.889. The van der Waals surface area contributed by atoms with E-state index in [2.05, 4.69) is 100 Å². The number of rotatable bonds is 3. The van der Waals surface area contributed by atoms with E-state index in [1.807, 2.05) is 42.5 Å². The summed E-state index contributed by atoms with van der Waals surface area (Å²) in [6.07, 6.45) is 6.56. The van der Waals surface area contributed by atoms with Gasteiger partial charge in [-0.3, -0.25) is 0 Å². The normalized spacial score (nSPS) is 12.4. The summed E-state index contributed by atoms with van der Waals surface area (Å²) in [5, 5.41) is 23.0. The molecule has 196 valence electrons. The van der Waals surface area contributed by atoms with Crippen molar-refractivity contribution in [2.45, 2.75) is 12.8 Å². The minimum atomic E-state index is 0.599. The molecule has 0 saturated carbocycles. The van der Waals surface area contributed by atoms with Gasteiger partial charge in [-0.25, -0.2) is 0 Å². The third kappa shape index (κ3) is 3.60. The number of para-hydroxylation sites is 2. The Morgan fingerprint density at radius 1 is 0.548 bits per heavy atom. The summed E-state index contributed by atoms with van der Waals surface area (Å²) >= 11 is 0. The molecular weight excluding hydrogens is 512 g/mol. The highest BCUT2D eigenvalue weighted by atomic mass is 15.0. The van der Waals surface area contributed by atoms with Crippen LogP contribution in [0.4, 0.5) is 0 Å². The highest BCUT2D eigenvalue weighted by molar-refractivity contribution is 6.09. The van der Waals surface area contributed by atoms with Gasteiger partial charge in [-0.05, 0) is 84.6 Å². The van der Waals surface area contributed by atoms with Crippen LogP contribution in [0.15, 0.2) is 115 Å². The summed E-state index contributed by atoms with van der Waals surface area (Å²) in [6, 6.07) is 42.0. The second-order valence-electron chi connectivity index (χ2n) is 10.8.